The Morgan fingerprint density at radius 1 is 1.48 bits per heavy atom. The fourth-order valence-corrected chi connectivity index (χ4v) is 2.30. The van der Waals surface area contributed by atoms with Crippen LogP contribution in [0.5, 0.6) is 11.5 Å². The van der Waals surface area contributed by atoms with Gasteiger partial charge in [-0.15, -0.1) is 10.2 Å². The van der Waals surface area contributed by atoms with Crippen molar-refractivity contribution < 1.29 is 9.47 Å². The molecule has 2 heterocycles. The Kier molecular flexibility index (Phi) is 4.01. The molecule has 7 nitrogen and oxygen atoms in total. The summed E-state index contributed by atoms with van der Waals surface area (Å²) < 4.78 is 11.4. The zero-order valence-corrected chi connectivity index (χ0v) is 12.2. The molecule has 7 heteroatoms. The summed E-state index contributed by atoms with van der Waals surface area (Å²) in [6.07, 6.45) is 1.11. The lowest BCUT2D eigenvalue weighted by atomic mass is 10.1. The van der Waals surface area contributed by atoms with E-state index in [1.807, 2.05) is 12.1 Å². The predicted octanol–water partition coefficient (Wildman–Crippen LogP) is 1.22. The summed E-state index contributed by atoms with van der Waals surface area (Å²) in [7, 11) is 1.73. The normalized spacial score (nSPS) is 16.6. The number of nitrogens with one attached hydrogen (secondary N) is 1. The van der Waals surface area contributed by atoms with Crippen molar-refractivity contribution in [1.29, 1.82) is 0 Å². The Hall–Kier alpha value is -2.15. The van der Waals surface area contributed by atoms with Gasteiger partial charge in [-0.05, 0) is 30.3 Å². The maximum Gasteiger partial charge on any atom is 0.212 e. The predicted molar refractivity (Wildman–Crippen MR) is 76.1 cm³/mol. The highest BCUT2D eigenvalue weighted by atomic mass is 16.5. The van der Waals surface area contributed by atoms with Gasteiger partial charge in [0.25, 0.3) is 0 Å². The maximum absolute atomic E-state index is 5.71. The average molecular weight is 289 g/mol. The highest BCUT2D eigenvalue weighted by Gasteiger charge is 2.23. The van der Waals surface area contributed by atoms with Crippen LogP contribution < -0.4 is 14.8 Å². The number of nitrogens with zero attached hydrogens (tertiary/aromatic N) is 4. The molecule has 1 unspecified atom stereocenters. The van der Waals surface area contributed by atoms with Gasteiger partial charge < -0.3 is 14.8 Å². The Labute approximate surface area is 123 Å². The molecule has 0 saturated heterocycles. The van der Waals surface area contributed by atoms with E-state index in [0.29, 0.717) is 19.0 Å². The summed E-state index contributed by atoms with van der Waals surface area (Å²) in [6, 6.07) is 6.19. The van der Waals surface area contributed by atoms with Gasteiger partial charge in [0.2, 0.25) is 5.82 Å². The number of aryl methyl sites for hydroxylation is 1. The fraction of sp³-hybridized carbons (Fsp3) is 0.500. The third-order valence-corrected chi connectivity index (χ3v) is 3.32. The molecule has 0 saturated carbocycles. The van der Waals surface area contributed by atoms with Gasteiger partial charge in [0.05, 0.1) is 13.1 Å². The third-order valence-electron chi connectivity index (χ3n) is 3.32. The van der Waals surface area contributed by atoms with E-state index >= 15 is 0 Å². The Balaban J connectivity index is 1.64. The van der Waals surface area contributed by atoms with E-state index in [-0.39, 0.29) is 6.04 Å². The van der Waals surface area contributed by atoms with Crippen LogP contribution in [0.1, 0.15) is 30.8 Å². The first-order chi connectivity index (χ1) is 10.3. The van der Waals surface area contributed by atoms with Gasteiger partial charge in [-0.3, -0.25) is 0 Å². The number of rotatable bonds is 6. The van der Waals surface area contributed by atoms with E-state index in [1.165, 1.54) is 10.4 Å². The summed E-state index contributed by atoms with van der Waals surface area (Å²) in [6.45, 7) is 4.11. The molecule has 1 aliphatic rings. The Morgan fingerprint density at radius 3 is 3.14 bits per heavy atom. The average Bonchev–Trinajstić information content (AvgIpc) is 3.09. The molecule has 0 amide bonds. The smallest absolute Gasteiger partial charge is 0.212 e. The zero-order valence-electron chi connectivity index (χ0n) is 12.2. The molecule has 0 bridgehead atoms. The molecule has 112 valence electrons. The van der Waals surface area contributed by atoms with Gasteiger partial charge in [-0.25, -0.2) is 0 Å². The monoisotopic (exact) mass is 289 g/mol. The van der Waals surface area contributed by atoms with Crippen LogP contribution in [-0.4, -0.2) is 33.4 Å². The molecule has 1 aromatic carbocycles. The molecule has 0 spiro atoms. The molecular formula is C14H19N5O2. The van der Waals surface area contributed by atoms with Crippen molar-refractivity contribution >= 4 is 0 Å². The van der Waals surface area contributed by atoms with Crippen LogP contribution in [0.3, 0.4) is 0 Å². The van der Waals surface area contributed by atoms with Crippen molar-refractivity contribution in [1.82, 2.24) is 25.5 Å². The first-order valence-corrected chi connectivity index (χ1v) is 7.12. The SMILES string of the molecule is CCCNC1COc2cc(OCc3nnn(C)n3)ccc21. The molecule has 1 aliphatic heterocycles. The summed E-state index contributed by atoms with van der Waals surface area (Å²) in [5.74, 6) is 2.19. The summed E-state index contributed by atoms with van der Waals surface area (Å²) in [5.41, 5.74) is 1.19. The highest BCUT2D eigenvalue weighted by molar-refractivity contribution is 5.45. The lowest BCUT2D eigenvalue weighted by molar-refractivity contribution is 0.289. The number of fused-ring (bicyclic) bond motifs is 1. The highest BCUT2D eigenvalue weighted by Crippen LogP contribution is 2.35. The van der Waals surface area contributed by atoms with E-state index in [0.717, 1.165) is 24.5 Å². The van der Waals surface area contributed by atoms with Gasteiger partial charge in [0.15, 0.2) is 6.61 Å². The second-order valence-corrected chi connectivity index (χ2v) is 5.00. The van der Waals surface area contributed by atoms with Crippen molar-refractivity contribution in [2.45, 2.75) is 26.0 Å². The third kappa shape index (κ3) is 3.13. The molecule has 21 heavy (non-hydrogen) atoms. The molecule has 1 N–H and O–H groups in total. The molecule has 1 atom stereocenters. The number of ether oxygens (including phenoxy) is 2. The van der Waals surface area contributed by atoms with Crippen molar-refractivity contribution in [2.75, 3.05) is 13.2 Å². The number of aromatic nitrogens is 4. The standard InChI is InChI=1S/C14H19N5O2/c1-3-6-15-12-8-21-13-7-10(4-5-11(12)13)20-9-14-16-18-19(2)17-14/h4-5,7,12,15H,3,6,8-9H2,1-2H3. The second kappa shape index (κ2) is 6.09. The van der Waals surface area contributed by atoms with E-state index < -0.39 is 0 Å². The van der Waals surface area contributed by atoms with Crippen LogP contribution in [0.15, 0.2) is 18.2 Å². The lowest BCUT2D eigenvalue weighted by Crippen LogP contribution is -2.22. The van der Waals surface area contributed by atoms with Crippen molar-refractivity contribution in [3.05, 3.63) is 29.6 Å². The van der Waals surface area contributed by atoms with Crippen LogP contribution in [-0.2, 0) is 13.7 Å². The summed E-state index contributed by atoms with van der Waals surface area (Å²) >= 11 is 0. The van der Waals surface area contributed by atoms with Crippen LogP contribution >= 0.6 is 0 Å². The van der Waals surface area contributed by atoms with Gasteiger partial charge >= 0.3 is 0 Å². The van der Waals surface area contributed by atoms with Crippen molar-refractivity contribution in [2.24, 2.45) is 7.05 Å². The number of hydrogen-bond donors (Lipinski definition) is 1. The van der Waals surface area contributed by atoms with E-state index in [1.54, 1.807) is 7.05 Å². The molecule has 1 aromatic heterocycles. The molecule has 3 rings (SSSR count). The van der Waals surface area contributed by atoms with Crippen molar-refractivity contribution in [3.8, 4) is 11.5 Å². The molecule has 0 fully saturated rings. The topological polar surface area (TPSA) is 74.1 Å². The van der Waals surface area contributed by atoms with E-state index in [2.05, 4.69) is 33.7 Å². The van der Waals surface area contributed by atoms with Crippen LogP contribution in [0.2, 0.25) is 0 Å². The van der Waals surface area contributed by atoms with Crippen LogP contribution in [0.4, 0.5) is 0 Å². The number of tetrazole rings is 1. The molecule has 0 radical (unpaired) electrons. The van der Waals surface area contributed by atoms with Gasteiger partial charge in [-0.1, -0.05) is 6.92 Å². The first kappa shape index (κ1) is 13.8. The van der Waals surface area contributed by atoms with Crippen LogP contribution in [0, 0.1) is 0 Å². The summed E-state index contributed by atoms with van der Waals surface area (Å²) in [4.78, 5) is 1.41. The first-order valence-electron chi connectivity index (χ1n) is 7.12. The Morgan fingerprint density at radius 2 is 2.38 bits per heavy atom. The summed E-state index contributed by atoms with van der Waals surface area (Å²) in [5, 5.41) is 15.2. The maximum atomic E-state index is 5.71. The largest absolute Gasteiger partial charge is 0.491 e. The minimum atomic E-state index is 0.274. The quantitative estimate of drug-likeness (QED) is 0.862. The second-order valence-electron chi connectivity index (χ2n) is 5.00. The number of hydrogen-bond acceptors (Lipinski definition) is 6. The Bertz CT molecular complexity index is 613. The van der Waals surface area contributed by atoms with Gasteiger partial charge in [0.1, 0.15) is 18.1 Å². The molecular weight excluding hydrogens is 270 g/mol. The molecule has 2 aromatic rings. The van der Waals surface area contributed by atoms with Gasteiger partial charge in [0, 0.05) is 11.6 Å². The fourth-order valence-electron chi connectivity index (χ4n) is 2.30. The number of benzene rings is 1. The minimum Gasteiger partial charge on any atom is -0.491 e. The van der Waals surface area contributed by atoms with Gasteiger partial charge in [-0.2, -0.15) is 4.80 Å². The van der Waals surface area contributed by atoms with Crippen molar-refractivity contribution in [3.63, 3.8) is 0 Å². The minimum absolute atomic E-state index is 0.274. The van der Waals surface area contributed by atoms with Crippen LogP contribution in [0.25, 0.3) is 0 Å². The lowest BCUT2D eigenvalue weighted by Gasteiger charge is -2.10. The molecule has 0 aliphatic carbocycles. The van der Waals surface area contributed by atoms with E-state index in [4.69, 9.17) is 9.47 Å². The van der Waals surface area contributed by atoms with E-state index in [9.17, 15) is 0 Å². The zero-order chi connectivity index (χ0) is 14.7.